The van der Waals surface area contributed by atoms with E-state index >= 15 is 0 Å². The van der Waals surface area contributed by atoms with Gasteiger partial charge >= 0.3 is 0 Å². The van der Waals surface area contributed by atoms with E-state index in [0.29, 0.717) is 16.6 Å². The number of tetrazole rings is 1. The molecule has 0 N–H and O–H groups in total. The number of halogens is 1. The highest BCUT2D eigenvalue weighted by Crippen LogP contribution is 2.22. The summed E-state index contributed by atoms with van der Waals surface area (Å²) in [7, 11) is -1.39. The minimum absolute atomic E-state index is 0.0302. The van der Waals surface area contributed by atoms with Gasteiger partial charge in [0.15, 0.2) is 9.84 Å². The van der Waals surface area contributed by atoms with Gasteiger partial charge in [0.05, 0.1) is 22.9 Å². The molecule has 1 aromatic carbocycles. The van der Waals surface area contributed by atoms with Crippen molar-refractivity contribution in [2.24, 2.45) is 0 Å². The lowest BCUT2D eigenvalue weighted by molar-refractivity contribution is -0.128. The molecule has 2 aromatic rings. The van der Waals surface area contributed by atoms with E-state index in [0.717, 1.165) is 5.69 Å². The van der Waals surface area contributed by atoms with E-state index < -0.39 is 9.84 Å². The minimum Gasteiger partial charge on any atom is -0.341 e. The average Bonchev–Trinajstić information content (AvgIpc) is 3.18. The van der Waals surface area contributed by atoms with Gasteiger partial charge in [-0.05, 0) is 41.1 Å². The highest BCUT2D eigenvalue weighted by molar-refractivity contribution is 7.99. The van der Waals surface area contributed by atoms with E-state index in [9.17, 15) is 13.2 Å². The molecule has 25 heavy (non-hydrogen) atoms. The van der Waals surface area contributed by atoms with Gasteiger partial charge in [-0.1, -0.05) is 23.4 Å². The summed E-state index contributed by atoms with van der Waals surface area (Å²) in [4.78, 5) is 13.9. The van der Waals surface area contributed by atoms with Crippen LogP contribution in [0.3, 0.4) is 0 Å². The summed E-state index contributed by atoms with van der Waals surface area (Å²) < 4.78 is 24.6. The molecule has 0 radical (unpaired) electrons. The molecule has 0 saturated carbocycles. The van der Waals surface area contributed by atoms with Crippen LogP contribution in [0.5, 0.6) is 0 Å². The predicted molar refractivity (Wildman–Crippen MR) is 94.7 cm³/mol. The molecular weight excluding hydrogens is 386 g/mol. The number of sulfone groups is 1. The van der Waals surface area contributed by atoms with Crippen LogP contribution in [-0.2, 0) is 14.6 Å². The number of nitrogens with zero attached hydrogens (tertiary/aromatic N) is 5. The van der Waals surface area contributed by atoms with Crippen molar-refractivity contribution in [3.63, 3.8) is 0 Å². The fourth-order valence-corrected chi connectivity index (χ4v) is 5.24. The first-order valence-corrected chi connectivity index (χ1v) is 10.7. The third-order valence-corrected chi connectivity index (χ3v) is 6.89. The first kappa shape index (κ1) is 18.2. The van der Waals surface area contributed by atoms with Gasteiger partial charge in [-0.3, -0.25) is 4.79 Å². The monoisotopic (exact) mass is 401 g/mol. The molecule has 1 amide bonds. The summed E-state index contributed by atoms with van der Waals surface area (Å²) in [6, 6.07) is 6.75. The van der Waals surface area contributed by atoms with Crippen LogP contribution >= 0.6 is 23.4 Å². The largest absolute Gasteiger partial charge is 0.341 e. The molecule has 0 bridgehead atoms. The van der Waals surface area contributed by atoms with Gasteiger partial charge in [-0.15, -0.1) is 5.10 Å². The van der Waals surface area contributed by atoms with E-state index in [4.69, 9.17) is 11.6 Å². The molecule has 1 aliphatic rings. The maximum atomic E-state index is 12.3. The topological polar surface area (TPSA) is 98.1 Å². The number of hydrogen-bond acceptors (Lipinski definition) is 7. The lowest BCUT2D eigenvalue weighted by Crippen LogP contribution is -2.38. The average molecular weight is 402 g/mol. The molecular formula is C14H16ClN5O3S2. The summed E-state index contributed by atoms with van der Waals surface area (Å²) in [6.07, 6.45) is 0.484. The van der Waals surface area contributed by atoms with Gasteiger partial charge in [0.1, 0.15) is 0 Å². The Bertz CT molecular complexity index is 869. The van der Waals surface area contributed by atoms with Crippen LogP contribution in [0.15, 0.2) is 29.4 Å². The Morgan fingerprint density at radius 3 is 2.76 bits per heavy atom. The maximum absolute atomic E-state index is 12.3. The Balaban J connectivity index is 1.63. The Kier molecular flexibility index (Phi) is 5.30. The van der Waals surface area contributed by atoms with Gasteiger partial charge in [0, 0.05) is 18.1 Å². The number of thioether (sulfide) groups is 1. The van der Waals surface area contributed by atoms with Gasteiger partial charge in [-0.2, -0.15) is 4.68 Å². The number of hydrogen-bond donors (Lipinski definition) is 0. The molecule has 1 fully saturated rings. The molecule has 1 atom stereocenters. The van der Waals surface area contributed by atoms with Crippen molar-refractivity contribution in [3.8, 4) is 5.69 Å². The summed E-state index contributed by atoms with van der Waals surface area (Å²) in [6.45, 7) is 0. The lowest BCUT2D eigenvalue weighted by Gasteiger charge is -2.23. The Hall–Kier alpha value is -1.65. The number of carbonyl (C=O) groups excluding carboxylic acids is 1. The van der Waals surface area contributed by atoms with Gasteiger partial charge < -0.3 is 4.90 Å². The first-order chi connectivity index (χ1) is 11.9. The molecule has 134 valence electrons. The van der Waals surface area contributed by atoms with Gasteiger partial charge in [0.25, 0.3) is 0 Å². The molecule has 2 heterocycles. The number of benzene rings is 1. The zero-order valence-electron chi connectivity index (χ0n) is 13.4. The van der Waals surface area contributed by atoms with Crippen molar-refractivity contribution in [1.29, 1.82) is 0 Å². The molecule has 0 unspecified atom stereocenters. The van der Waals surface area contributed by atoms with Crippen molar-refractivity contribution < 1.29 is 13.2 Å². The molecule has 0 aliphatic carbocycles. The summed E-state index contributed by atoms with van der Waals surface area (Å²) >= 11 is 7.07. The van der Waals surface area contributed by atoms with Crippen LogP contribution in [-0.4, -0.2) is 69.8 Å². The quantitative estimate of drug-likeness (QED) is 0.690. The Labute approximate surface area is 154 Å². The normalized spacial score (nSPS) is 19.0. The smallest absolute Gasteiger partial charge is 0.233 e. The van der Waals surface area contributed by atoms with Crippen molar-refractivity contribution in [2.75, 3.05) is 24.3 Å². The fraction of sp³-hybridized carbons (Fsp3) is 0.429. The summed E-state index contributed by atoms with van der Waals surface area (Å²) in [5.74, 6) is 0.137. The van der Waals surface area contributed by atoms with Crippen molar-refractivity contribution in [3.05, 3.63) is 29.3 Å². The van der Waals surface area contributed by atoms with Crippen molar-refractivity contribution >= 4 is 39.1 Å². The first-order valence-electron chi connectivity index (χ1n) is 7.49. The third-order valence-electron chi connectivity index (χ3n) is 3.99. The standard InChI is InChI=1S/C14H16ClN5O3S2/c1-19(12-6-7-25(22,23)9-12)13(21)8-24-14-16-17-18-20(14)11-4-2-10(15)3-5-11/h2-5,12H,6-9H2,1H3/t12-/m0/s1. The highest BCUT2D eigenvalue weighted by Gasteiger charge is 2.32. The molecule has 1 aromatic heterocycles. The minimum atomic E-state index is -3.03. The maximum Gasteiger partial charge on any atom is 0.233 e. The Morgan fingerprint density at radius 1 is 1.40 bits per heavy atom. The zero-order valence-corrected chi connectivity index (χ0v) is 15.8. The lowest BCUT2D eigenvalue weighted by atomic mass is 10.2. The molecule has 8 nitrogen and oxygen atoms in total. The van der Waals surface area contributed by atoms with Crippen LogP contribution in [0.1, 0.15) is 6.42 Å². The van der Waals surface area contributed by atoms with E-state index in [1.165, 1.54) is 21.3 Å². The highest BCUT2D eigenvalue weighted by atomic mass is 35.5. The van der Waals surface area contributed by atoms with Gasteiger partial charge in [-0.25, -0.2) is 8.42 Å². The second kappa shape index (κ2) is 7.30. The zero-order chi connectivity index (χ0) is 18.0. The van der Waals surface area contributed by atoms with E-state index in [-0.39, 0.29) is 29.2 Å². The van der Waals surface area contributed by atoms with E-state index in [1.54, 1.807) is 31.3 Å². The van der Waals surface area contributed by atoms with Crippen molar-refractivity contribution in [1.82, 2.24) is 25.1 Å². The second-order valence-electron chi connectivity index (χ2n) is 5.70. The molecule has 0 spiro atoms. The SMILES string of the molecule is CN(C(=O)CSc1nnnn1-c1ccc(Cl)cc1)[C@H]1CCS(=O)(=O)C1. The van der Waals surface area contributed by atoms with Crippen LogP contribution in [0, 0.1) is 0 Å². The van der Waals surface area contributed by atoms with Crippen LogP contribution in [0.2, 0.25) is 5.02 Å². The molecule has 11 heteroatoms. The number of aromatic nitrogens is 4. The number of rotatable bonds is 5. The van der Waals surface area contributed by atoms with Crippen LogP contribution in [0.4, 0.5) is 0 Å². The molecule has 1 saturated heterocycles. The van der Waals surface area contributed by atoms with Crippen LogP contribution in [0.25, 0.3) is 5.69 Å². The number of amides is 1. The van der Waals surface area contributed by atoms with Crippen LogP contribution < -0.4 is 0 Å². The second-order valence-corrected chi connectivity index (χ2v) is 9.31. The predicted octanol–water partition coefficient (Wildman–Crippen LogP) is 1.05. The summed E-state index contributed by atoms with van der Waals surface area (Å²) in [5, 5.41) is 12.6. The fourth-order valence-electron chi connectivity index (χ4n) is 2.53. The van der Waals surface area contributed by atoms with Gasteiger partial charge in [0.2, 0.25) is 11.1 Å². The van der Waals surface area contributed by atoms with E-state index in [2.05, 4.69) is 15.5 Å². The Morgan fingerprint density at radius 2 is 2.12 bits per heavy atom. The van der Waals surface area contributed by atoms with Crippen molar-refractivity contribution in [2.45, 2.75) is 17.6 Å². The molecule has 3 rings (SSSR count). The number of carbonyl (C=O) groups is 1. The molecule has 1 aliphatic heterocycles. The summed E-state index contributed by atoms with van der Waals surface area (Å²) in [5.41, 5.74) is 0.736. The third kappa shape index (κ3) is 4.31. The van der Waals surface area contributed by atoms with E-state index in [1.807, 2.05) is 0 Å².